The van der Waals surface area contributed by atoms with E-state index in [9.17, 15) is 22.8 Å². The van der Waals surface area contributed by atoms with E-state index in [0.717, 1.165) is 11.6 Å². The Bertz CT molecular complexity index is 1140. The summed E-state index contributed by atoms with van der Waals surface area (Å²) in [7, 11) is 1.54. The molecule has 2 aliphatic heterocycles. The molecule has 1 N–H and O–H groups in total. The summed E-state index contributed by atoms with van der Waals surface area (Å²) in [5.41, 5.74) is -0.438. The van der Waals surface area contributed by atoms with Crippen molar-refractivity contribution < 1.29 is 22.8 Å². The predicted molar refractivity (Wildman–Crippen MR) is 122 cm³/mol. The Labute approximate surface area is 201 Å². The average molecular weight is 486 g/mol. The van der Waals surface area contributed by atoms with Gasteiger partial charge in [0.25, 0.3) is 0 Å². The van der Waals surface area contributed by atoms with Crippen LogP contribution < -0.4 is 10.2 Å². The lowest BCUT2D eigenvalue weighted by atomic mass is 9.76. The Balaban J connectivity index is 1.49. The number of rotatable bonds is 4. The summed E-state index contributed by atoms with van der Waals surface area (Å²) < 4.78 is 40.2. The molecule has 1 aromatic carbocycles. The number of hydrogen-bond donors (Lipinski definition) is 1. The molecule has 1 atom stereocenters. The zero-order valence-corrected chi connectivity index (χ0v) is 19.3. The molecule has 2 saturated heterocycles. The summed E-state index contributed by atoms with van der Waals surface area (Å²) in [6.45, 7) is 1.42. The first-order chi connectivity index (χ1) is 16.7. The highest BCUT2D eigenvalue weighted by molar-refractivity contribution is 5.89. The fourth-order valence-electron chi connectivity index (χ4n) is 5.16. The van der Waals surface area contributed by atoms with E-state index < -0.39 is 23.3 Å². The molecule has 1 spiro atoms. The molecule has 0 radical (unpaired) electrons. The molecule has 2 fully saturated rings. The maximum Gasteiger partial charge on any atom is 0.417 e. The number of benzene rings is 1. The standard InChI is InChI=1S/C25H26F3N5O2/c1-30-23(35)21-13-24(16-33(21)22(34)11-17-3-2-8-31-15-17)6-9-32(10-7-24)19-5-4-18(14-29)20(12-19)25(26,27)28/h2-5,8,12,15,21H,6-7,9-11,13,16H2,1H3,(H,30,35). The summed E-state index contributed by atoms with van der Waals surface area (Å²) in [5.74, 6) is -0.362. The molecule has 4 rings (SSSR count). The quantitative estimate of drug-likeness (QED) is 0.719. The van der Waals surface area contributed by atoms with Crippen molar-refractivity contribution in [2.24, 2.45) is 5.41 Å². The number of carbonyl (C=O) groups is 2. The number of amides is 2. The number of alkyl halides is 3. The maximum absolute atomic E-state index is 13.4. The largest absolute Gasteiger partial charge is 0.417 e. The number of pyridine rings is 1. The minimum Gasteiger partial charge on any atom is -0.371 e. The van der Waals surface area contributed by atoms with Crippen LogP contribution in [0.1, 0.15) is 36.0 Å². The van der Waals surface area contributed by atoms with Crippen LogP contribution in [0, 0.1) is 16.7 Å². The van der Waals surface area contributed by atoms with Gasteiger partial charge in [-0.2, -0.15) is 18.4 Å². The second kappa shape index (κ2) is 9.56. The maximum atomic E-state index is 13.4. The van der Waals surface area contributed by atoms with Gasteiger partial charge < -0.3 is 15.1 Å². The molecule has 2 aromatic rings. The van der Waals surface area contributed by atoms with E-state index in [1.807, 2.05) is 11.0 Å². The van der Waals surface area contributed by atoms with Crippen molar-refractivity contribution in [3.05, 3.63) is 59.4 Å². The van der Waals surface area contributed by atoms with Crippen LogP contribution in [0.25, 0.3) is 0 Å². The number of likely N-dealkylation sites (N-methyl/N-ethyl adjacent to an activating group) is 1. The minimum atomic E-state index is -4.61. The summed E-state index contributed by atoms with van der Waals surface area (Å²) in [6.07, 6.45) is 0.585. The van der Waals surface area contributed by atoms with E-state index >= 15 is 0 Å². The lowest BCUT2D eigenvalue weighted by Gasteiger charge is -2.40. The van der Waals surface area contributed by atoms with Crippen molar-refractivity contribution >= 4 is 17.5 Å². The summed E-state index contributed by atoms with van der Waals surface area (Å²) in [4.78, 5) is 33.3. The van der Waals surface area contributed by atoms with Crippen molar-refractivity contribution in [1.29, 1.82) is 5.26 Å². The summed E-state index contributed by atoms with van der Waals surface area (Å²) >= 11 is 0. The molecule has 184 valence electrons. The van der Waals surface area contributed by atoms with Gasteiger partial charge in [0.1, 0.15) is 6.04 Å². The van der Waals surface area contributed by atoms with E-state index in [-0.39, 0.29) is 23.7 Å². The van der Waals surface area contributed by atoms with Crippen LogP contribution in [0.3, 0.4) is 0 Å². The Morgan fingerprint density at radius 1 is 1.26 bits per heavy atom. The smallest absolute Gasteiger partial charge is 0.371 e. The van der Waals surface area contributed by atoms with Crippen molar-refractivity contribution in [2.45, 2.75) is 37.9 Å². The number of piperidine rings is 1. The highest BCUT2D eigenvalue weighted by atomic mass is 19.4. The van der Waals surface area contributed by atoms with Gasteiger partial charge in [0.15, 0.2) is 0 Å². The van der Waals surface area contributed by atoms with Crippen molar-refractivity contribution in [3.8, 4) is 6.07 Å². The van der Waals surface area contributed by atoms with Crippen LogP contribution in [0.15, 0.2) is 42.7 Å². The molecular weight excluding hydrogens is 459 g/mol. The molecule has 10 heteroatoms. The van der Waals surface area contributed by atoms with Crippen LogP contribution in [0.4, 0.5) is 18.9 Å². The number of halogens is 3. The van der Waals surface area contributed by atoms with Gasteiger partial charge in [-0.25, -0.2) is 0 Å². The van der Waals surface area contributed by atoms with Gasteiger partial charge in [0, 0.05) is 44.8 Å². The summed E-state index contributed by atoms with van der Waals surface area (Å²) in [6, 6.07) is 8.38. The van der Waals surface area contributed by atoms with Gasteiger partial charge in [-0.15, -0.1) is 0 Å². The number of anilines is 1. The number of hydrogen-bond acceptors (Lipinski definition) is 5. The highest BCUT2D eigenvalue weighted by Gasteiger charge is 2.49. The van der Waals surface area contributed by atoms with Crippen molar-refractivity contribution in [1.82, 2.24) is 15.2 Å². The van der Waals surface area contributed by atoms with Gasteiger partial charge in [0.2, 0.25) is 11.8 Å². The van der Waals surface area contributed by atoms with Gasteiger partial charge >= 0.3 is 6.18 Å². The Kier molecular flexibility index (Phi) is 6.70. The van der Waals surface area contributed by atoms with Crippen molar-refractivity contribution in [3.63, 3.8) is 0 Å². The summed E-state index contributed by atoms with van der Waals surface area (Å²) in [5, 5.41) is 11.7. The highest BCUT2D eigenvalue weighted by Crippen LogP contribution is 2.45. The minimum absolute atomic E-state index is 0.146. The molecule has 0 aliphatic carbocycles. The molecular formula is C25H26F3N5O2. The second-order valence-electron chi connectivity index (χ2n) is 9.22. The van der Waals surface area contributed by atoms with Crippen LogP contribution in [0.5, 0.6) is 0 Å². The van der Waals surface area contributed by atoms with E-state index in [2.05, 4.69) is 10.3 Å². The van der Waals surface area contributed by atoms with Crippen LogP contribution in [0.2, 0.25) is 0 Å². The van der Waals surface area contributed by atoms with Gasteiger partial charge in [-0.1, -0.05) is 6.07 Å². The fraction of sp³-hybridized carbons (Fsp3) is 0.440. The molecule has 0 saturated carbocycles. The monoisotopic (exact) mass is 485 g/mol. The molecule has 1 aromatic heterocycles. The first kappa shape index (κ1) is 24.5. The second-order valence-corrected chi connectivity index (χ2v) is 9.22. The fourth-order valence-corrected chi connectivity index (χ4v) is 5.16. The van der Waals surface area contributed by atoms with E-state index in [4.69, 9.17) is 5.26 Å². The molecule has 2 aliphatic rings. The van der Waals surface area contributed by atoms with E-state index in [1.165, 1.54) is 12.1 Å². The lowest BCUT2D eigenvalue weighted by molar-refractivity contribution is -0.138. The zero-order valence-electron chi connectivity index (χ0n) is 19.3. The predicted octanol–water partition coefficient (Wildman–Crippen LogP) is 3.15. The Morgan fingerprint density at radius 3 is 2.60 bits per heavy atom. The van der Waals surface area contributed by atoms with Crippen LogP contribution in [-0.2, 0) is 22.2 Å². The number of aromatic nitrogens is 1. The molecule has 2 amide bonds. The molecule has 35 heavy (non-hydrogen) atoms. The number of carbonyl (C=O) groups excluding carboxylic acids is 2. The van der Waals surface area contributed by atoms with E-state index in [1.54, 1.807) is 36.5 Å². The SMILES string of the molecule is CNC(=O)C1CC2(CCN(c3ccc(C#N)c(C(F)(F)F)c3)CC2)CN1C(=O)Cc1cccnc1. The topological polar surface area (TPSA) is 89.3 Å². The Morgan fingerprint density at radius 2 is 2.00 bits per heavy atom. The lowest BCUT2D eigenvalue weighted by Crippen LogP contribution is -2.45. The van der Waals surface area contributed by atoms with E-state index in [0.29, 0.717) is 44.6 Å². The van der Waals surface area contributed by atoms with Crippen LogP contribution in [-0.4, -0.2) is 54.4 Å². The van der Waals surface area contributed by atoms with Gasteiger partial charge in [-0.3, -0.25) is 14.6 Å². The normalized spacial score (nSPS) is 19.5. The number of nitrogens with zero attached hydrogens (tertiary/aromatic N) is 4. The first-order valence-corrected chi connectivity index (χ1v) is 11.4. The first-order valence-electron chi connectivity index (χ1n) is 11.4. The van der Waals surface area contributed by atoms with Crippen molar-refractivity contribution in [2.75, 3.05) is 31.6 Å². The molecule has 3 heterocycles. The zero-order chi connectivity index (χ0) is 25.2. The van der Waals surface area contributed by atoms with Gasteiger partial charge in [0.05, 0.1) is 23.6 Å². The van der Waals surface area contributed by atoms with Gasteiger partial charge in [-0.05, 0) is 54.5 Å². The number of nitrogens with one attached hydrogen (secondary N) is 1. The van der Waals surface area contributed by atoms with Crippen LogP contribution >= 0.6 is 0 Å². The number of nitriles is 1. The third-order valence-electron chi connectivity index (χ3n) is 7.07. The molecule has 7 nitrogen and oxygen atoms in total. The average Bonchev–Trinajstić information content (AvgIpc) is 3.23. The third kappa shape index (κ3) is 5.09. The third-order valence-corrected chi connectivity index (χ3v) is 7.07. The Hall–Kier alpha value is -3.61. The molecule has 0 bridgehead atoms. The molecule has 1 unspecified atom stereocenters. The number of likely N-dealkylation sites (tertiary alicyclic amines) is 1.